The summed E-state index contributed by atoms with van der Waals surface area (Å²) in [5.74, 6) is -9.36. The molecule has 6 atom stereocenters. The van der Waals surface area contributed by atoms with Crippen molar-refractivity contribution in [1.29, 1.82) is 0 Å². The molecular weight excluding hydrogens is 636 g/mol. The summed E-state index contributed by atoms with van der Waals surface area (Å²) in [7, 11) is -4.69. The van der Waals surface area contributed by atoms with Crippen LogP contribution in [0, 0.1) is 41.7 Å². The van der Waals surface area contributed by atoms with E-state index in [0.29, 0.717) is 0 Å². The van der Waals surface area contributed by atoms with Crippen molar-refractivity contribution in [3.05, 3.63) is 101 Å². The van der Waals surface area contributed by atoms with E-state index >= 15 is 8.78 Å². The lowest BCUT2D eigenvalue weighted by Gasteiger charge is -2.42. The van der Waals surface area contributed by atoms with Gasteiger partial charge in [-0.05, 0) is 75.9 Å². The first-order valence-electron chi connectivity index (χ1n) is 14.9. The normalized spacial score (nSPS) is 26.7. The van der Waals surface area contributed by atoms with E-state index in [1.165, 1.54) is 81.4 Å². The van der Waals surface area contributed by atoms with Gasteiger partial charge in [0.15, 0.2) is 5.54 Å². The molecule has 0 saturated heterocycles. The molecule has 0 radical (unpaired) electrons. The fourth-order valence-electron chi connectivity index (χ4n) is 7.29. The predicted octanol–water partition coefficient (Wildman–Crippen LogP) is 5.13. The van der Waals surface area contributed by atoms with Crippen LogP contribution in [0.1, 0.15) is 37.5 Å². The van der Waals surface area contributed by atoms with Crippen LogP contribution in [0.4, 0.5) is 13.6 Å². The van der Waals surface area contributed by atoms with E-state index in [2.05, 4.69) is 5.32 Å². The van der Waals surface area contributed by atoms with Crippen LogP contribution >= 0.6 is 0 Å². The average Bonchev–Trinajstić information content (AvgIpc) is 3.59. The smallest absolute Gasteiger partial charge is 0.408 e. The van der Waals surface area contributed by atoms with Crippen LogP contribution in [-0.4, -0.2) is 53.9 Å². The van der Waals surface area contributed by atoms with Crippen molar-refractivity contribution in [3.8, 4) is 0 Å². The van der Waals surface area contributed by atoms with E-state index in [1.807, 2.05) is 0 Å². The summed E-state index contributed by atoms with van der Waals surface area (Å²) < 4.78 is 69.2. The summed E-state index contributed by atoms with van der Waals surface area (Å²) in [6.07, 6.45) is -4.00. The highest BCUT2D eigenvalue weighted by Gasteiger charge is 2.89. The number of carboxylic acid groups (broad SMARTS) is 2. The molecule has 0 aromatic heterocycles. The van der Waals surface area contributed by atoms with E-state index in [1.54, 1.807) is 6.92 Å². The Bertz CT molecular complexity index is 1830. The van der Waals surface area contributed by atoms with Crippen molar-refractivity contribution in [2.75, 3.05) is 0 Å². The molecule has 0 spiro atoms. The third-order valence-electron chi connectivity index (χ3n) is 9.13. The molecule has 3 aromatic rings. The van der Waals surface area contributed by atoms with E-state index in [-0.39, 0.29) is 16.0 Å². The van der Waals surface area contributed by atoms with E-state index in [9.17, 15) is 33.0 Å². The molecule has 1 unspecified atom stereocenters. The van der Waals surface area contributed by atoms with Crippen molar-refractivity contribution < 1.29 is 50.7 Å². The zero-order valence-corrected chi connectivity index (χ0v) is 26.9. The van der Waals surface area contributed by atoms with Gasteiger partial charge in [0.1, 0.15) is 17.2 Å². The molecule has 0 aliphatic heterocycles. The Hall–Kier alpha value is -4.36. The van der Waals surface area contributed by atoms with Crippen molar-refractivity contribution in [3.63, 3.8) is 0 Å². The van der Waals surface area contributed by atoms with Gasteiger partial charge in [-0.2, -0.15) is 8.42 Å². The summed E-state index contributed by atoms with van der Waals surface area (Å²) in [6, 6.07) is 16.3. The molecular formula is C34H35F2NO9S. The van der Waals surface area contributed by atoms with Gasteiger partial charge in [0, 0.05) is 17.3 Å². The van der Waals surface area contributed by atoms with Crippen LogP contribution in [0.5, 0.6) is 0 Å². The molecule has 2 fully saturated rings. The summed E-state index contributed by atoms with van der Waals surface area (Å²) in [4.78, 5) is 39.9. The fourth-order valence-corrected chi connectivity index (χ4v) is 8.42. The van der Waals surface area contributed by atoms with Crippen LogP contribution in [-0.2, 0) is 41.5 Å². The Labute approximate surface area is 270 Å². The quantitative estimate of drug-likeness (QED) is 0.249. The number of benzene rings is 3. The molecule has 3 aromatic carbocycles. The summed E-state index contributed by atoms with van der Waals surface area (Å²) in [5.41, 5.74) is -5.20. The number of carbonyl (C=O) groups is 3. The third kappa shape index (κ3) is 5.98. The largest absolute Gasteiger partial charge is 0.481 e. The number of hydrogen-bond acceptors (Lipinski definition) is 7. The molecule has 2 aliphatic rings. The predicted molar refractivity (Wildman–Crippen MR) is 164 cm³/mol. The molecule has 1 amide bonds. The first kappa shape index (κ1) is 34.0. The first-order valence-corrected chi connectivity index (χ1v) is 16.3. The van der Waals surface area contributed by atoms with Gasteiger partial charge in [0.05, 0.1) is 16.9 Å². The lowest BCUT2D eigenvalue weighted by atomic mass is 9.68. The zero-order valence-electron chi connectivity index (χ0n) is 26.1. The highest BCUT2D eigenvalue weighted by molar-refractivity contribution is 7.86. The summed E-state index contributed by atoms with van der Waals surface area (Å²) in [6.45, 7) is 6.32. The van der Waals surface area contributed by atoms with Crippen LogP contribution in [0.3, 0.4) is 0 Å². The minimum atomic E-state index is -4.69. The number of carbonyl (C=O) groups excluding carboxylic acids is 1. The maximum absolute atomic E-state index is 15.2. The maximum Gasteiger partial charge on any atom is 0.408 e. The number of hydrogen-bond donors (Lipinski definition) is 3. The lowest BCUT2D eigenvalue weighted by Crippen LogP contribution is -2.67. The average molecular weight is 672 g/mol. The van der Waals surface area contributed by atoms with Crippen LogP contribution in [0.25, 0.3) is 0 Å². The van der Waals surface area contributed by atoms with Crippen LogP contribution < -0.4 is 5.32 Å². The van der Waals surface area contributed by atoms with E-state index in [0.717, 1.165) is 17.7 Å². The van der Waals surface area contributed by atoms with E-state index < -0.39 is 93.0 Å². The minimum absolute atomic E-state index is 0.0373. The number of aliphatic carboxylic acids is 2. The lowest BCUT2D eigenvalue weighted by molar-refractivity contribution is -0.154. The number of rotatable bonds is 10. The van der Waals surface area contributed by atoms with Crippen LogP contribution in [0.15, 0.2) is 77.7 Å². The third-order valence-corrected chi connectivity index (χ3v) is 10.5. The molecule has 47 heavy (non-hydrogen) atoms. The van der Waals surface area contributed by atoms with Gasteiger partial charge in [0.2, 0.25) is 0 Å². The van der Waals surface area contributed by atoms with Gasteiger partial charge in [-0.25, -0.2) is 18.4 Å². The molecule has 250 valence electrons. The molecule has 0 heterocycles. The zero-order chi connectivity index (χ0) is 34.5. The Kier molecular flexibility index (Phi) is 8.69. The molecule has 13 heteroatoms. The SMILES string of the molecule is Cc1ccc(S(=O)(=O)O[C@@H]2C(Cc3ccccc3F)[C@@](NC(=O)OC(C)(C)C)(C(=O)O)[C@@]3(Cc4ccccc4F)[C@H]2[C@H]3C(=O)O)cc1. The number of alkyl carbamates (subject to hydrolysis) is 1. The highest BCUT2D eigenvalue weighted by atomic mass is 32.2. The van der Waals surface area contributed by atoms with Gasteiger partial charge in [-0.1, -0.05) is 54.1 Å². The monoisotopic (exact) mass is 671 g/mol. The van der Waals surface area contributed by atoms with Crippen molar-refractivity contribution in [2.24, 2.45) is 23.2 Å². The second-order valence-corrected chi connectivity index (χ2v) is 14.7. The van der Waals surface area contributed by atoms with Gasteiger partial charge >= 0.3 is 18.0 Å². The summed E-state index contributed by atoms with van der Waals surface area (Å²) >= 11 is 0. The summed E-state index contributed by atoms with van der Waals surface area (Å²) in [5, 5.41) is 24.1. The number of amides is 1. The second-order valence-electron chi connectivity index (χ2n) is 13.1. The Morgan fingerprint density at radius 2 is 1.45 bits per heavy atom. The number of nitrogens with one attached hydrogen (secondary N) is 1. The molecule has 0 bridgehead atoms. The highest BCUT2D eigenvalue weighted by Crippen LogP contribution is 2.76. The topological polar surface area (TPSA) is 156 Å². The number of ether oxygens (including phenoxy) is 1. The molecule has 10 nitrogen and oxygen atoms in total. The van der Waals surface area contributed by atoms with Crippen molar-refractivity contribution >= 4 is 28.1 Å². The Balaban J connectivity index is 1.77. The fraction of sp³-hybridized carbons (Fsp3) is 0.382. The first-order chi connectivity index (χ1) is 21.9. The Morgan fingerprint density at radius 3 is 1.96 bits per heavy atom. The number of aryl methyl sites for hydroxylation is 1. The van der Waals surface area contributed by atoms with Gasteiger partial charge < -0.3 is 20.3 Å². The van der Waals surface area contributed by atoms with Gasteiger partial charge in [0.25, 0.3) is 10.1 Å². The van der Waals surface area contributed by atoms with E-state index in [4.69, 9.17) is 8.92 Å². The molecule has 2 saturated carbocycles. The van der Waals surface area contributed by atoms with Crippen molar-refractivity contribution in [1.82, 2.24) is 5.32 Å². The van der Waals surface area contributed by atoms with Gasteiger partial charge in [-0.15, -0.1) is 0 Å². The molecule has 3 N–H and O–H groups in total. The standard InChI is InChI=1S/C34H35F2NO9S/c1-19-13-15-22(16-14-19)47(43,44)46-28-23(17-20-9-5-7-11-24(20)35)34(30(40)41,37-31(42)45-32(2,3)4)33(26(28)27(33)29(38)39)18-21-10-6-8-12-25(21)36/h5-16,23,26-28H,17-18H2,1-4H3,(H,37,42)(H,38,39)(H,40,41)/t23?,26-,27-,28+,33-,34+/m0/s1. The molecule has 5 rings (SSSR count). The maximum atomic E-state index is 15.2. The second kappa shape index (κ2) is 12.0. The van der Waals surface area contributed by atoms with Crippen molar-refractivity contribution in [2.45, 2.75) is 62.7 Å². The Morgan fingerprint density at radius 1 is 0.894 bits per heavy atom. The number of halogens is 2. The number of carboxylic acids is 2. The molecule has 2 aliphatic carbocycles. The van der Waals surface area contributed by atoms with Crippen LogP contribution in [0.2, 0.25) is 0 Å². The van der Waals surface area contributed by atoms with Gasteiger partial charge in [-0.3, -0.25) is 8.98 Å². The minimum Gasteiger partial charge on any atom is -0.481 e. The number of fused-ring (bicyclic) bond motifs is 1.